The Morgan fingerprint density at radius 1 is 1.30 bits per heavy atom. The molecule has 0 saturated carbocycles. The second-order valence-corrected chi connectivity index (χ2v) is 8.31. The number of phenolic OH excluding ortho intramolecular Hbond substituents is 1. The Bertz CT molecular complexity index is 579. The number of nitrogens with zero attached hydrogens (tertiary/aromatic N) is 1. The van der Waals surface area contributed by atoms with Crippen molar-refractivity contribution in [2.24, 2.45) is 11.3 Å². The lowest BCUT2D eigenvalue weighted by atomic mass is 9.75. The lowest BCUT2D eigenvalue weighted by molar-refractivity contribution is -0.0259. The summed E-state index contributed by atoms with van der Waals surface area (Å²) in [5.74, 6) is 1.07. The van der Waals surface area contributed by atoms with E-state index in [1.54, 1.807) is 7.11 Å². The minimum absolute atomic E-state index is 0.210. The fraction of sp³-hybridized carbons (Fsp3) is 0.684. The van der Waals surface area contributed by atoms with E-state index < -0.39 is 0 Å². The van der Waals surface area contributed by atoms with Gasteiger partial charge >= 0.3 is 0 Å². The first-order chi connectivity index (χ1) is 10.8. The SMILES string of the molecule is COc1cc2c(cc1O)CCN1C[C@@H](CC(C)(C)C)[C@H](O)C[C@H]21. The van der Waals surface area contributed by atoms with Crippen LogP contribution in [0.2, 0.25) is 0 Å². The maximum absolute atomic E-state index is 10.7. The highest BCUT2D eigenvalue weighted by Gasteiger charge is 2.39. The number of fused-ring (bicyclic) bond motifs is 3. The molecule has 0 radical (unpaired) electrons. The van der Waals surface area contributed by atoms with E-state index >= 15 is 0 Å². The zero-order valence-electron chi connectivity index (χ0n) is 14.7. The first kappa shape index (κ1) is 16.6. The van der Waals surface area contributed by atoms with Crippen LogP contribution in [-0.2, 0) is 6.42 Å². The molecule has 1 saturated heterocycles. The summed E-state index contributed by atoms with van der Waals surface area (Å²) in [6, 6.07) is 4.02. The molecule has 2 heterocycles. The summed E-state index contributed by atoms with van der Waals surface area (Å²) in [6.07, 6.45) is 2.49. The Labute approximate surface area is 139 Å². The maximum atomic E-state index is 10.7. The number of phenols is 1. The Morgan fingerprint density at radius 2 is 2.04 bits per heavy atom. The van der Waals surface area contributed by atoms with Crippen molar-refractivity contribution in [1.29, 1.82) is 0 Å². The van der Waals surface area contributed by atoms with E-state index in [9.17, 15) is 10.2 Å². The van der Waals surface area contributed by atoms with Gasteiger partial charge in [-0.2, -0.15) is 0 Å². The summed E-state index contributed by atoms with van der Waals surface area (Å²) >= 11 is 0. The quantitative estimate of drug-likeness (QED) is 0.879. The number of aliphatic hydroxyl groups excluding tert-OH is 1. The molecule has 0 bridgehead atoms. The standard InChI is InChI=1S/C19H29NO3/c1-19(2,3)10-13-11-20-6-5-12-7-17(22)18(23-4)8-14(12)15(20)9-16(13)21/h7-8,13,15-16,21-22H,5-6,9-11H2,1-4H3/t13-,15-,16-/m1/s1. The number of aliphatic hydroxyl groups is 1. The molecular formula is C19H29NO3. The van der Waals surface area contributed by atoms with Crippen molar-refractivity contribution in [2.75, 3.05) is 20.2 Å². The van der Waals surface area contributed by atoms with Crippen LogP contribution in [0.15, 0.2) is 12.1 Å². The molecule has 1 aromatic rings. The smallest absolute Gasteiger partial charge is 0.160 e. The van der Waals surface area contributed by atoms with Crippen molar-refractivity contribution < 1.29 is 14.9 Å². The van der Waals surface area contributed by atoms with Crippen molar-refractivity contribution in [3.05, 3.63) is 23.3 Å². The van der Waals surface area contributed by atoms with Gasteiger partial charge in [-0.15, -0.1) is 0 Å². The normalized spacial score (nSPS) is 28.1. The number of rotatable bonds is 2. The molecule has 3 atom stereocenters. The molecule has 0 aromatic heterocycles. The van der Waals surface area contributed by atoms with Gasteiger partial charge in [0.1, 0.15) is 0 Å². The maximum Gasteiger partial charge on any atom is 0.160 e. The van der Waals surface area contributed by atoms with E-state index in [2.05, 4.69) is 25.7 Å². The molecule has 128 valence electrons. The van der Waals surface area contributed by atoms with Gasteiger partial charge in [-0.05, 0) is 53.9 Å². The first-order valence-electron chi connectivity index (χ1n) is 8.60. The predicted octanol–water partition coefficient (Wildman–Crippen LogP) is 3.12. The van der Waals surface area contributed by atoms with Gasteiger partial charge in [0.2, 0.25) is 0 Å². The summed E-state index contributed by atoms with van der Waals surface area (Å²) in [7, 11) is 1.58. The Kier molecular flexibility index (Phi) is 4.32. The highest BCUT2D eigenvalue weighted by Crippen LogP contribution is 2.44. The number of ether oxygens (including phenoxy) is 1. The highest BCUT2D eigenvalue weighted by atomic mass is 16.5. The molecule has 2 N–H and O–H groups in total. The Hall–Kier alpha value is -1.26. The van der Waals surface area contributed by atoms with Crippen LogP contribution in [0.4, 0.5) is 0 Å². The molecule has 23 heavy (non-hydrogen) atoms. The number of hydrogen-bond donors (Lipinski definition) is 2. The van der Waals surface area contributed by atoms with Gasteiger partial charge < -0.3 is 14.9 Å². The molecule has 1 aromatic carbocycles. The second kappa shape index (κ2) is 5.99. The number of aromatic hydroxyl groups is 1. The van der Waals surface area contributed by atoms with Gasteiger partial charge in [0.05, 0.1) is 13.2 Å². The molecule has 4 nitrogen and oxygen atoms in total. The van der Waals surface area contributed by atoms with Crippen molar-refractivity contribution in [2.45, 2.75) is 52.2 Å². The van der Waals surface area contributed by atoms with Crippen LogP contribution in [-0.4, -0.2) is 41.4 Å². The van der Waals surface area contributed by atoms with Crippen molar-refractivity contribution in [3.8, 4) is 11.5 Å². The van der Waals surface area contributed by atoms with Crippen LogP contribution in [0.25, 0.3) is 0 Å². The lowest BCUT2D eigenvalue weighted by Gasteiger charge is -2.47. The lowest BCUT2D eigenvalue weighted by Crippen LogP contribution is -2.48. The van der Waals surface area contributed by atoms with E-state index in [0.29, 0.717) is 11.7 Å². The Balaban J connectivity index is 1.85. The van der Waals surface area contributed by atoms with Crippen LogP contribution < -0.4 is 4.74 Å². The summed E-state index contributed by atoms with van der Waals surface area (Å²) in [5.41, 5.74) is 2.63. The topological polar surface area (TPSA) is 52.9 Å². The third-order valence-corrected chi connectivity index (χ3v) is 5.26. The average molecular weight is 319 g/mol. The van der Waals surface area contributed by atoms with Crippen molar-refractivity contribution in [3.63, 3.8) is 0 Å². The molecular weight excluding hydrogens is 290 g/mol. The fourth-order valence-electron chi connectivity index (χ4n) is 4.26. The molecule has 1 fully saturated rings. The molecule has 2 aliphatic heterocycles. The van der Waals surface area contributed by atoms with Gasteiger partial charge in [0.25, 0.3) is 0 Å². The summed E-state index contributed by atoms with van der Waals surface area (Å²) in [6.45, 7) is 8.67. The molecule has 0 spiro atoms. The number of piperidine rings is 1. The van der Waals surface area contributed by atoms with E-state index in [1.807, 2.05) is 12.1 Å². The molecule has 0 amide bonds. The third kappa shape index (κ3) is 3.33. The number of methoxy groups -OCH3 is 1. The van der Waals surface area contributed by atoms with E-state index in [0.717, 1.165) is 32.4 Å². The van der Waals surface area contributed by atoms with Gasteiger partial charge in [-0.25, -0.2) is 0 Å². The van der Waals surface area contributed by atoms with Gasteiger partial charge in [-0.3, -0.25) is 4.90 Å². The van der Waals surface area contributed by atoms with E-state index in [4.69, 9.17) is 4.74 Å². The van der Waals surface area contributed by atoms with Crippen molar-refractivity contribution in [1.82, 2.24) is 4.90 Å². The highest BCUT2D eigenvalue weighted by molar-refractivity contribution is 5.48. The largest absolute Gasteiger partial charge is 0.504 e. The molecule has 3 rings (SSSR count). The second-order valence-electron chi connectivity index (χ2n) is 8.31. The number of benzene rings is 1. The summed E-state index contributed by atoms with van der Waals surface area (Å²) < 4.78 is 5.27. The predicted molar refractivity (Wildman–Crippen MR) is 90.9 cm³/mol. The van der Waals surface area contributed by atoms with Crippen LogP contribution in [0, 0.1) is 11.3 Å². The molecule has 4 heteroatoms. The van der Waals surface area contributed by atoms with Crippen LogP contribution >= 0.6 is 0 Å². The minimum atomic E-state index is -0.263. The minimum Gasteiger partial charge on any atom is -0.504 e. The first-order valence-corrected chi connectivity index (χ1v) is 8.60. The fourth-order valence-corrected chi connectivity index (χ4v) is 4.26. The molecule has 2 aliphatic rings. The van der Waals surface area contributed by atoms with Crippen LogP contribution in [0.1, 0.15) is 50.8 Å². The van der Waals surface area contributed by atoms with Crippen LogP contribution in [0.5, 0.6) is 11.5 Å². The number of hydrogen-bond acceptors (Lipinski definition) is 4. The monoisotopic (exact) mass is 319 g/mol. The van der Waals surface area contributed by atoms with E-state index in [1.165, 1.54) is 11.1 Å². The van der Waals surface area contributed by atoms with E-state index in [-0.39, 0.29) is 23.3 Å². The third-order valence-electron chi connectivity index (χ3n) is 5.26. The van der Waals surface area contributed by atoms with Gasteiger partial charge in [-0.1, -0.05) is 20.8 Å². The summed E-state index contributed by atoms with van der Waals surface area (Å²) in [4.78, 5) is 2.50. The summed E-state index contributed by atoms with van der Waals surface area (Å²) in [5, 5.41) is 20.7. The molecule has 0 aliphatic carbocycles. The van der Waals surface area contributed by atoms with Gasteiger partial charge in [0, 0.05) is 19.1 Å². The Morgan fingerprint density at radius 3 is 2.70 bits per heavy atom. The zero-order valence-corrected chi connectivity index (χ0v) is 14.7. The zero-order chi connectivity index (χ0) is 16.8. The van der Waals surface area contributed by atoms with Gasteiger partial charge in [0.15, 0.2) is 11.5 Å². The molecule has 0 unspecified atom stereocenters. The average Bonchev–Trinajstić information content (AvgIpc) is 2.46. The van der Waals surface area contributed by atoms with Crippen molar-refractivity contribution >= 4 is 0 Å². The van der Waals surface area contributed by atoms with Crippen LogP contribution in [0.3, 0.4) is 0 Å².